The fourth-order valence-electron chi connectivity index (χ4n) is 2.11. The van der Waals surface area contributed by atoms with Gasteiger partial charge in [-0.1, -0.05) is 48.5 Å². The first-order valence-electron chi connectivity index (χ1n) is 7.02. The first-order chi connectivity index (χ1) is 10.7. The molecule has 0 aliphatic rings. The van der Waals surface area contributed by atoms with Crippen molar-refractivity contribution >= 4 is 12.0 Å². The maximum atomic E-state index is 12.0. The van der Waals surface area contributed by atoms with Gasteiger partial charge in [0.2, 0.25) is 5.91 Å². The number of carbonyl (C=O) groups excluding carboxylic acids is 1. The van der Waals surface area contributed by atoms with Gasteiger partial charge in [0.05, 0.1) is 19.8 Å². The van der Waals surface area contributed by atoms with Crippen molar-refractivity contribution in [1.82, 2.24) is 5.32 Å². The van der Waals surface area contributed by atoms with Crippen LogP contribution in [0.2, 0.25) is 0 Å². The van der Waals surface area contributed by atoms with Gasteiger partial charge in [-0.25, -0.2) is 0 Å². The van der Waals surface area contributed by atoms with Crippen LogP contribution in [-0.2, 0) is 4.79 Å². The van der Waals surface area contributed by atoms with Crippen molar-refractivity contribution in [3.8, 4) is 5.75 Å². The van der Waals surface area contributed by atoms with Crippen molar-refractivity contribution in [3.63, 3.8) is 0 Å². The minimum Gasteiger partial charge on any atom is -0.496 e. The van der Waals surface area contributed by atoms with Crippen molar-refractivity contribution in [2.45, 2.75) is 6.04 Å². The van der Waals surface area contributed by atoms with Crippen LogP contribution in [0.1, 0.15) is 17.2 Å². The lowest BCUT2D eigenvalue weighted by atomic mass is 10.1. The Morgan fingerprint density at radius 2 is 1.86 bits per heavy atom. The second-order valence-electron chi connectivity index (χ2n) is 4.73. The van der Waals surface area contributed by atoms with E-state index in [-0.39, 0.29) is 12.5 Å². The molecule has 0 spiro atoms. The molecule has 2 aromatic carbocycles. The van der Waals surface area contributed by atoms with Gasteiger partial charge in [-0.05, 0) is 17.7 Å². The van der Waals surface area contributed by atoms with Crippen LogP contribution >= 0.6 is 0 Å². The normalized spacial score (nSPS) is 12.1. The van der Waals surface area contributed by atoms with E-state index < -0.39 is 6.04 Å². The molecule has 114 valence electrons. The first-order valence-corrected chi connectivity index (χ1v) is 7.02. The predicted octanol–water partition coefficient (Wildman–Crippen LogP) is 2.56. The Labute approximate surface area is 130 Å². The molecule has 2 rings (SSSR count). The Morgan fingerprint density at radius 3 is 2.55 bits per heavy atom. The van der Waals surface area contributed by atoms with Gasteiger partial charge >= 0.3 is 0 Å². The van der Waals surface area contributed by atoms with Gasteiger partial charge in [0.15, 0.2) is 0 Å². The van der Waals surface area contributed by atoms with E-state index in [1.54, 1.807) is 13.2 Å². The van der Waals surface area contributed by atoms with Crippen LogP contribution in [0.15, 0.2) is 60.7 Å². The number of benzene rings is 2. The van der Waals surface area contributed by atoms with Crippen molar-refractivity contribution < 1.29 is 14.6 Å². The number of aliphatic hydroxyl groups is 1. The average Bonchev–Trinajstić information content (AvgIpc) is 2.58. The highest BCUT2D eigenvalue weighted by atomic mass is 16.5. The molecule has 4 nitrogen and oxygen atoms in total. The topological polar surface area (TPSA) is 58.6 Å². The fourth-order valence-corrected chi connectivity index (χ4v) is 2.11. The average molecular weight is 297 g/mol. The van der Waals surface area contributed by atoms with Crippen molar-refractivity contribution in [1.29, 1.82) is 0 Å². The molecule has 0 radical (unpaired) electrons. The Balaban J connectivity index is 2.04. The van der Waals surface area contributed by atoms with E-state index in [9.17, 15) is 9.90 Å². The minimum absolute atomic E-state index is 0.155. The second-order valence-corrected chi connectivity index (χ2v) is 4.73. The van der Waals surface area contributed by atoms with Crippen molar-refractivity contribution in [3.05, 3.63) is 71.8 Å². The minimum atomic E-state index is -0.420. The summed E-state index contributed by atoms with van der Waals surface area (Å²) in [7, 11) is 1.59. The molecule has 1 atom stereocenters. The number of ether oxygens (including phenoxy) is 1. The van der Waals surface area contributed by atoms with Gasteiger partial charge in [0, 0.05) is 11.6 Å². The molecule has 0 aliphatic carbocycles. The second kappa shape index (κ2) is 8.00. The third-order valence-electron chi connectivity index (χ3n) is 3.25. The van der Waals surface area contributed by atoms with Crippen molar-refractivity contribution in [2.75, 3.05) is 13.7 Å². The molecule has 1 amide bonds. The molecule has 0 saturated heterocycles. The zero-order valence-corrected chi connectivity index (χ0v) is 12.4. The lowest BCUT2D eigenvalue weighted by Crippen LogP contribution is -2.29. The highest BCUT2D eigenvalue weighted by Crippen LogP contribution is 2.18. The molecule has 2 aromatic rings. The third kappa shape index (κ3) is 4.20. The Morgan fingerprint density at radius 1 is 1.18 bits per heavy atom. The summed E-state index contributed by atoms with van der Waals surface area (Å²) in [5, 5.41) is 12.2. The zero-order chi connectivity index (χ0) is 15.8. The summed E-state index contributed by atoms with van der Waals surface area (Å²) < 4.78 is 5.23. The Bertz CT molecular complexity index is 638. The van der Waals surface area contributed by atoms with Crippen LogP contribution < -0.4 is 10.1 Å². The smallest absolute Gasteiger partial charge is 0.244 e. The standard InChI is InChI=1S/C18H19NO3/c1-22-17-10-6-5-9-15(17)11-12-18(21)19-16(13-20)14-7-3-2-4-8-14/h2-12,16,20H,13H2,1H3,(H,19,21)/b12-11+/t16-/m1/s1. The van der Waals surface area contributed by atoms with E-state index in [1.165, 1.54) is 6.08 Å². The third-order valence-corrected chi connectivity index (χ3v) is 3.25. The molecule has 0 unspecified atom stereocenters. The van der Waals surface area contributed by atoms with Gasteiger partial charge in [0.1, 0.15) is 5.75 Å². The molecule has 2 N–H and O–H groups in total. The molecule has 0 aliphatic heterocycles. The van der Waals surface area contributed by atoms with Gasteiger partial charge in [0.25, 0.3) is 0 Å². The number of carbonyl (C=O) groups is 1. The number of aliphatic hydroxyl groups excluding tert-OH is 1. The highest BCUT2D eigenvalue weighted by molar-refractivity contribution is 5.92. The van der Waals surface area contributed by atoms with Gasteiger partial charge in [-0.3, -0.25) is 4.79 Å². The molecule has 4 heteroatoms. The number of para-hydroxylation sites is 1. The molecule has 0 fully saturated rings. The number of rotatable bonds is 6. The molecular formula is C18H19NO3. The summed E-state index contributed by atoms with van der Waals surface area (Å²) in [6.07, 6.45) is 3.12. The van der Waals surface area contributed by atoms with Gasteiger partial charge in [-0.2, -0.15) is 0 Å². The molecule has 0 aromatic heterocycles. The molecule has 0 heterocycles. The quantitative estimate of drug-likeness (QED) is 0.806. The highest BCUT2D eigenvalue weighted by Gasteiger charge is 2.11. The van der Waals surface area contributed by atoms with E-state index in [2.05, 4.69) is 5.32 Å². The fraction of sp³-hybridized carbons (Fsp3) is 0.167. The summed E-state index contributed by atoms with van der Waals surface area (Å²) in [4.78, 5) is 12.0. The number of amides is 1. The number of hydrogen-bond acceptors (Lipinski definition) is 3. The van der Waals surface area contributed by atoms with Crippen molar-refractivity contribution in [2.24, 2.45) is 0 Å². The number of nitrogens with one attached hydrogen (secondary N) is 1. The molecule has 22 heavy (non-hydrogen) atoms. The van der Waals surface area contributed by atoms with E-state index in [0.717, 1.165) is 11.1 Å². The molecule has 0 bridgehead atoms. The number of methoxy groups -OCH3 is 1. The summed E-state index contributed by atoms with van der Waals surface area (Å²) in [6, 6.07) is 16.4. The van der Waals surface area contributed by atoms with Crippen LogP contribution in [0.25, 0.3) is 6.08 Å². The van der Waals surface area contributed by atoms with E-state index in [1.807, 2.05) is 54.6 Å². The van der Waals surface area contributed by atoms with Crippen LogP contribution in [-0.4, -0.2) is 24.7 Å². The van der Waals surface area contributed by atoms with E-state index >= 15 is 0 Å². The van der Waals surface area contributed by atoms with Crippen LogP contribution in [0, 0.1) is 0 Å². The SMILES string of the molecule is COc1ccccc1/C=C/C(=O)N[C@H](CO)c1ccccc1. The van der Waals surface area contributed by atoms with Crippen LogP contribution in [0.3, 0.4) is 0 Å². The summed E-state index contributed by atoms with van der Waals surface area (Å²) >= 11 is 0. The van der Waals surface area contributed by atoms with E-state index in [4.69, 9.17) is 4.74 Å². The van der Waals surface area contributed by atoms with Gasteiger partial charge in [-0.15, -0.1) is 0 Å². The largest absolute Gasteiger partial charge is 0.496 e. The van der Waals surface area contributed by atoms with Crippen LogP contribution in [0.4, 0.5) is 0 Å². The Hall–Kier alpha value is -2.59. The monoisotopic (exact) mass is 297 g/mol. The maximum Gasteiger partial charge on any atom is 0.244 e. The van der Waals surface area contributed by atoms with Gasteiger partial charge < -0.3 is 15.2 Å². The molecule has 0 saturated carbocycles. The number of hydrogen-bond donors (Lipinski definition) is 2. The predicted molar refractivity (Wildman–Crippen MR) is 86.4 cm³/mol. The zero-order valence-electron chi connectivity index (χ0n) is 12.4. The molecular weight excluding hydrogens is 278 g/mol. The summed E-state index contributed by atoms with van der Waals surface area (Å²) in [5.74, 6) is 0.433. The lowest BCUT2D eigenvalue weighted by molar-refractivity contribution is -0.117. The summed E-state index contributed by atoms with van der Waals surface area (Å²) in [6.45, 7) is -0.155. The summed E-state index contributed by atoms with van der Waals surface area (Å²) in [5.41, 5.74) is 1.68. The van der Waals surface area contributed by atoms with E-state index in [0.29, 0.717) is 5.75 Å². The Kier molecular flexibility index (Phi) is 5.74. The van der Waals surface area contributed by atoms with Crippen LogP contribution in [0.5, 0.6) is 5.75 Å². The maximum absolute atomic E-state index is 12.0. The first kappa shape index (κ1) is 15.8. The lowest BCUT2D eigenvalue weighted by Gasteiger charge is -2.15.